The Kier molecular flexibility index (Phi) is 3.28. The number of rotatable bonds is 1. The molecule has 1 aromatic rings. The van der Waals surface area contributed by atoms with Gasteiger partial charge in [0.15, 0.2) is 0 Å². The zero-order valence-corrected chi connectivity index (χ0v) is 9.59. The molecule has 0 radical (unpaired) electrons. The molecule has 1 fully saturated rings. The Labute approximate surface area is 98.4 Å². The van der Waals surface area contributed by atoms with Crippen molar-refractivity contribution in [2.75, 3.05) is 24.5 Å². The molecule has 0 aromatic heterocycles. The summed E-state index contributed by atoms with van der Waals surface area (Å²) in [5.74, 6) is 0. The van der Waals surface area contributed by atoms with Gasteiger partial charge >= 0.3 is 6.18 Å². The van der Waals surface area contributed by atoms with Crippen LogP contribution in [0.4, 0.5) is 18.9 Å². The van der Waals surface area contributed by atoms with E-state index in [0.717, 1.165) is 37.5 Å². The first kappa shape index (κ1) is 12.2. The van der Waals surface area contributed by atoms with E-state index in [9.17, 15) is 13.2 Å². The van der Waals surface area contributed by atoms with Crippen molar-refractivity contribution in [1.29, 1.82) is 0 Å². The molecule has 94 valence electrons. The zero-order valence-electron chi connectivity index (χ0n) is 9.59. The highest BCUT2D eigenvalue weighted by Crippen LogP contribution is 2.30. The fourth-order valence-corrected chi connectivity index (χ4v) is 2.07. The number of nitrogens with zero attached hydrogens (tertiary/aromatic N) is 1. The van der Waals surface area contributed by atoms with Crippen LogP contribution in [0.5, 0.6) is 0 Å². The molecule has 1 aromatic carbocycles. The Morgan fingerprint density at radius 1 is 1.24 bits per heavy atom. The monoisotopic (exact) mass is 244 g/mol. The lowest BCUT2D eigenvalue weighted by atomic mass is 10.1. The molecule has 17 heavy (non-hydrogen) atoms. The molecule has 1 N–H and O–H groups in total. The van der Waals surface area contributed by atoms with E-state index in [0.29, 0.717) is 6.04 Å². The average molecular weight is 244 g/mol. The van der Waals surface area contributed by atoms with Gasteiger partial charge in [-0.3, -0.25) is 0 Å². The maximum absolute atomic E-state index is 12.4. The van der Waals surface area contributed by atoms with Gasteiger partial charge in [-0.15, -0.1) is 0 Å². The van der Waals surface area contributed by atoms with Crippen molar-refractivity contribution in [3.8, 4) is 0 Å². The van der Waals surface area contributed by atoms with Crippen LogP contribution in [-0.2, 0) is 6.18 Å². The third-order valence-electron chi connectivity index (χ3n) is 3.03. The minimum Gasteiger partial charge on any atom is -0.366 e. The van der Waals surface area contributed by atoms with Gasteiger partial charge in [0.1, 0.15) is 0 Å². The summed E-state index contributed by atoms with van der Waals surface area (Å²) in [5.41, 5.74) is 0.260. The SMILES string of the molecule is C[C@@H]1CNCCN1c1ccc(C(F)(F)F)cc1. The second-order valence-electron chi connectivity index (χ2n) is 4.29. The van der Waals surface area contributed by atoms with E-state index in [-0.39, 0.29) is 0 Å². The molecule has 0 amide bonds. The van der Waals surface area contributed by atoms with Crippen molar-refractivity contribution in [2.24, 2.45) is 0 Å². The van der Waals surface area contributed by atoms with Crippen LogP contribution in [0.15, 0.2) is 24.3 Å². The molecule has 0 spiro atoms. The minimum atomic E-state index is -4.26. The Bertz CT molecular complexity index is 372. The third-order valence-corrected chi connectivity index (χ3v) is 3.03. The Hall–Kier alpha value is -1.23. The third kappa shape index (κ3) is 2.72. The van der Waals surface area contributed by atoms with Crippen molar-refractivity contribution in [3.05, 3.63) is 29.8 Å². The average Bonchev–Trinajstić information content (AvgIpc) is 2.29. The summed E-state index contributed by atoms with van der Waals surface area (Å²) in [6, 6.07) is 5.68. The molecule has 1 aliphatic heterocycles. The lowest BCUT2D eigenvalue weighted by Gasteiger charge is -2.36. The Balaban J connectivity index is 2.17. The van der Waals surface area contributed by atoms with Gasteiger partial charge in [-0.05, 0) is 31.2 Å². The van der Waals surface area contributed by atoms with Gasteiger partial charge in [0.25, 0.3) is 0 Å². The summed E-state index contributed by atoms with van der Waals surface area (Å²) in [6.07, 6.45) is -4.26. The van der Waals surface area contributed by atoms with Gasteiger partial charge in [0.05, 0.1) is 5.56 Å². The highest BCUT2D eigenvalue weighted by molar-refractivity contribution is 5.49. The van der Waals surface area contributed by atoms with E-state index in [1.807, 2.05) is 0 Å². The standard InChI is InChI=1S/C12H15F3N2/c1-9-8-16-6-7-17(9)11-4-2-10(3-5-11)12(13,14)15/h2-5,9,16H,6-8H2,1H3/t9-/m1/s1. The highest BCUT2D eigenvalue weighted by atomic mass is 19.4. The summed E-state index contributed by atoms with van der Waals surface area (Å²) in [6.45, 7) is 4.61. The van der Waals surface area contributed by atoms with Gasteiger partial charge in [-0.25, -0.2) is 0 Å². The van der Waals surface area contributed by atoms with Crippen LogP contribution < -0.4 is 10.2 Å². The van der Waals surface area contributed by atoms with Crippen LogP contribution in [0.2, 0.25) is 0 Å². The summed E-state index contributed by atoms with van der Waals surface area (Å²) in [4.78, 5) is 2.12. The van der Waals surface area contributed by atoms with Crippen LogP contribution in [-0.4, -0.2) is 25.7 Å². The smallest absolute Gasteiger partial charge is 0.366 e. The van der Waals surface area contributed by atoms with Crippen LogP contribution in [0, 0.1) is 0 Å². The number of benzene rings is 1. The van der Waals surface area contributed by atoms with Gasteiger partial charge in [0, 0.05) is 31.4 Å². The van der Waals surface area contributed by atoms with Crippen molar-refractivity contribution >= 4 is 5.69 Å². The van der Waals surface area contributed by atoms with Gasteiger partial charge in [-0.2, -0.15) is 13.2 Å². The predicted molar refractivity (Wildman–Crippen MR) is 61.1 cm³/mol. The first-order valence-corrected chi connectivity index (χ1v) is 5.63. The Morgan fingerprint density at radius 2 is 1.88 bits per heavy atom. The van der Waals surface area contributed by atoms with Crippen molar-refractivity contribution < 1.29 is 13.2 Å². The van der Waals surface area contributed by atoms with Crippen LogP contribution in [0.1, 0.15) is 12.5 Å². The van der Waals surface area contributed by atoms with E-state index < -0.39 is 11.7 Å². The summed E-state index contributed by atoms with van der Waals surface area (Å²) >= 11 is 0. The van der Waals surface area contributed by atoms with E-state index in [2.05, 4.69) is 17.1 Å². The first-order valence-electron chi connectivity index (χ1n) is 5.63. The van der Waals surface area contributed by atoms with Gasteiger partial charge in [-0.1, -0.05) is 0 Å². The first-order chi connectivity index (χ1) is 7.98. The molecular formula is C12H15F3N2. The molecule has 0 bridgehead atoms. The molecule has 1 saturated heterocycles. The quantitative estimate of drug-likeness (QED) is 0.816. The molecule has 1 atom stereocenters. The minimum absolute atomic E-state index is 0.306. The number of hydrogen-bond donors (Lipinski definition) is 1. The Morgan fingerprint density at radius 3 is 2.41 bits per heavy atom. The normalized spacial score (nSPS) is 21.6. The van der Waals surface area contributed by atoms with E-state index in [1.165, 1.54) is 0 Å². The van der Waals surface area contributed by atoms with Crippen molar-refractivity contribution in [2.45, 2.75) is 19.1 Å². The molecule has 1 heterocycles. The number of hydrogen-bond acceptors (Lipinski definition) is 2. The second-order valence-corrected chi connectivity index (χ2v) is 4.29. The van der Waals surface area contributed by atoms with Crippen molar-refractivity contribution in [1.82, 2.24) is 5.32 Å². The molecule has 5 heteroatoms. The summed E-state index contributed by atoms with van der Waals surface area (Å²) in [5, 5.41) is 3.25. The summed E-state index contributed by atoms with van der Waals surface area (Å²) in [7, 11) is 0. The number of anilines is 1. The lowest BCUT2D eigenvalue weighted by molar-refractivity contribution is -0.137. The predicted octanol–water partition coefficient (Wildman–Crippen LogP) is 2.50. The molecule has 1 aliphatic rings. The number of piperazine rings is 1. The number of nitrogens with one attached hydrogen (secondary N) is 1. The zero-order chi connectivity index (χ0) is 12.5. The number of halogens is 3. The van der Waals surface area contributed by atoms with Crippen LogP contribution in [0.25, 0.3) is 0 Å². The fourth-order valence-electron chi connectivity index (χ4n) is 2.07. The molecular weight excluding hydrogens is 229 g/mol. The summed E-state index contributed by atoms with van der Waals surface area (Å²) < 4.78 is 37.2. The molecule has 2 rings (SSSR count). The van der Waals surface area contributed by atoms with Gasteiger partial charge < -0.3 is 10.2 Å². The second kappa shape index (κ2) is 4.56. The van der Waals surface area contributed by atoms with E-state index in [1.54, 1.807) is 12.1 Å². The highest BCUT2D eigenvalue weighted by Gasteiger charge is 2.30. The molecule has 0 unspecified atom stereocenters. The molecule has 0 aliphatic carbocycles. The number of alkyl halides is 3. The van der Waals surface area contributed by atoms with Crippen LogP contribution in [0.3, 0.4) is 0 Å². The fraction of sp³-hybridized carbons (Fsp3) is 0.500. The largest absolute Gasteiger partial charge is 0.416 e. The topological polar surface area (TPSA) is 15.3 Å². The van der Waals surface area contributed by atoms with E-state index in [4.69, 9.17) is 0 Å². The molecule has 0 saturated carbocycles. The van der Waals surface area contributed by atoms with E-state index >= 15 is 0 Å². The molecule has 2 nitrogen and oxygen atoms in total. The van der Waals surface area contributed by atoms with Crippen molar-refractivity contribution in [3.63, 3.8) is 0 Å². The lowest BCUT2D eigenvalue weighted by Crippen LogP contribution is -2.49. The maximum atomic E-state index is 12.4. The van der Waals surface area contributed by atoms with Crippen LogP contribution >= 0.6 is 0 Å². The maximum Gasteiger partial charge on any atom is 0.416 e. The van der Waals surface area contributed by atoms with Gasteiger partial charge in [0.2, 0.25) is 0 Å².